The lowest BCUT2D eigenvalue weighted by molar-refractivity contribution is 0.0616. The molecule has 0 spiro atoms. The fourth-order valence-electron chi connectivity index (χ4n) is 4.56. The first-order valence-electron chi connectivity index (χ1n) is 9.55. The Labute approximate surface area is 190 Å². The maximum Gasteiger partial charge on any atom is 0.407 e. The smallest absolute Gasteiger partial charge is 0.407 e. The molecule has 2 aliphatic rings. The maximum atomic E-state index is 14.9. The van der Waals surface area contributed by atoms with E-state index >= 15 is 0 Å². The molecule has 2 aliphatic heterocycles. The van der Waals surface area contributed by atoms with E-state index in [1.807, 2.05) is 11.8 Å². The van der Waals surface area contributed by atoms with Gasteiger partial charge in [0.25, 0.3) is 0 Å². The molecule has 0 radical (unpaired) electrons. The van der Waals surface area contributed by atoms with Crippen LogP contribution < -0.4 is 4.90 Å². The van der Waals surface area contributed by atoms with Crippen LogP contribution in [0.25, 0.3) is 10.9 Å². The standard InChI is InChI=1S/C18H20BrClFN5O3S/c1-3-30-17-22-12-10(14(19)23-15(20)11(12)21)16(24-17)25-6-8-4-5-9(13(25)7(2)27)26(8)18(28)29/h7-9,13,27H,3-6H2,1-2H3,(H,28,29)/t7?,8-,9+,13-/m1/s1. The summed E-state index contributed by atoms with van der Waals surface area (Å²) in [4.78, 5) is 28.2. The first-order valence-corrected chi connectivity index (χ1v) is 11.7. The third-order valence-corrected chi connectivity index (χ3v) is 7.18. The molecule has 1 unspecified atom stereocenters. The van der Waals surface area contributed by atoms with Crippen molar-refractivity contribution in [2.45, 2.75) is 56.1 Å². The van der Waals surface area contributed by atoms with Crippen molar-refractivity contribution in [3.63, 3.8) is 0 Å². The van der Waals surface area contributed by atoms with Gasteiger partial charge in [-0.05, 0) is 41.4 Å². The number of fused-ring (bicyclic) bond motifs is 3. The molecule has 4 atom stereocenters. The molecule has 0 aliphatic carbocycles. The van der Waals surface area contributed by atoms with E-state index < -0.39 is 30.1 Å². The second kappa shape index (κ2) is 8.25. The summed E-state index contributed by atoms with van der Waals surface area (Å²) < 4.78 is 15.2. The average molecular weight is 521 g/mol. The minimum Gasteiger partial charge on any atom is -0.465 e. The molecule has 30 heavy (non-hydrogen) atoms. The molecule has 12 heteroatoms. The van der Waals surface area contributed by atoms with Gasteiger partial charge >= 0.3 is 6.09 Å². The zero-order valence-corrected chi connectivity index (χ0v) is 19.4. The van der Waals surface area contributed by atoms with E-state index in [1.54, 1.807) is 6.92 Å². The molecule has 0 saturated carbocycles. The molecule has 4 heterocycles. The number of nitrogens with zero attached hydrogens (tertiary/aromatic N) is 5. The molecule has 2 aromatic heterocycles. The van der Waals surface area contributed by atoms with Gasteiger partial charge in [0.1, 0.15) is 15.9 Å². The molecule has 1 amide bonds. The molecule has 4 rings (SSSR count). The van der Waals surface area contributed by atoms with Crippen molar-refractivity contribution in [2.75, 3.05) is 17.2 Å². The highest BCUT2D eigenvalue weighted by Gasteiger charge is 2.51. The molecular formula is C18H20BrClFN5O3S. The number of aromatic nitrogens is 3. The Hall–Kier alpha value is -1.43. The molecule has 2 N–H and O–H groups in total. The minimum atomic E-state index is -0.997. The lowest BCUT2D eigenvalue weighted by atomic mass is 9.98. The van der Waals surface area contributed by atoms with Crippen LogP contribution in [0, 0.1) is 5.82 Å². The van der Waals surface area contributed by atoms with Crippen molar-refractivity contribution in [3.8, 4) is 0 Å². The summed E-state index contributed by atoms with van der Waals surface area (Å²) in [6.07, 6.45) is -0.506. The number of carbonyl (C=O) groups is 1. The zero-order chi connectivity index (χ0) is 21.7. The van der Waals surface area contributed by atoms with Gasteiger partial charge in [-0.3, -0.25) is 4.90 Å². The topological polar surface area (TPSA) is 103 Å². The van der Waals surface area contributed by atoms with E-state index in [-0.39, 0.29) is 16.7 Å². The number of amides is 1. The summed E-state index contributed by atoms with van der Waals surface area (Å²) in [6, 6.07) is -1.17. The second-order valence-electron chi connectivity index (χ2n) is 7.37. The van der Waals surface area contributed by atoms with Crippen LogP contribution >= 0.6 is 39.3 Å². The van der Waals surface area contributed by atoms with E-state index in [0.29, 0.717) is 46.1 Å². The van der Waals surface area contributed by atoms with E-state index in [1.165, 1.54) is 16.7 Å². The average Bonchev–Trinajstić information content (AvgIpc) is 2.99. The summed E-state index contributed by atoms with van der Waals surface area (Å²) in [5.74, 6) is 0.362. The molecule has 2 bridgehead atoms. The van der Waals surface area contributed by atoms with Crippen molar-refractivity contribution in [1.29, 1.82) is 0 Å². The van der Waals surface area contributed by atoms with Crippen molar-refractivity contribution in [3.05, 3.63) is 15.6 Å². The quantitative estimate of drug-likeness (QED) is 0.357. The largest absolute Gasteiger partial charge is 0.465 e. The molecular weight excluding hydrogens is 501 g/mol. The Bertz CT molecular complexity index is 1020. The zero-order valence-electron chi connectivity index (χ0n) is 16.2. The number of halogens is 3. The predicted octanol–water partition coefficient (Wildman–Crippen LogP) is 3.77. The van der Waals surface area contributed by atoms with Crippen LogP contribution in [0.5, 0.6) is 0 Å². The van der Waals surface area contributed by atoms with Crippen LogP contribution in [-0.2, 0) is 0 Å². The fraction of sp³-hybridized carbons (Fsp3) is 0.556. The van der Waals surface area contributed by atoms with Crippen LogP contribution in [0.4, 0.5) is 15.0 Å². The predicted molar refractivity (Wildman–Crippen MR) is 116 cm³/mol. The van der Waals surface area contributed by atoms with Gasteiger partial charge in [0.05, 0.1) is 29.6 Å². The number of hydrogen-bond donors (Lipinski definition) is 2. The Morgan fingerprint density at radius 2 is 2.13 bits per heavy atom. The van der Waals surface area contributed by atoms with Crippen LogP contribution in [0.3, 0.4) is 0 Å². The summed E-state index contributed by atoms with van der Waals surface area (Å²) >= 11 is 10.7. The first-order chi connectivity index (χ1) is 14.2. The van der Waals surface area contributed by atoms with Gasteiger partial charge in [-0.2, -0.15) is 0 Å². The number of hydrogen-bond acceptors (Lipinski definition) is 7. The first kappa shape index (κ1) is 21.8. The lowest BCUT2D eigenvalue weighted by Gasteiger charge is -2.47. The number of anilines is 1. The number of aliphatic hydroxyl groups is 1. The second-order valence-corrected chi connectivity index (χ2v) is 9.71. The normalized spacial score (nSPS) is 24.5. The number of aliphatic hydroxyl groups excluding tert-OH is 1. The van der Waals surface area contributed by atoms with Gasteiger partial charge in [-0.15, -0.1) is 0 Å². The van der Waals surface area contributed by atoms with Crippen LogP contribution in [-0.4, -0.2) is 72.7 Å². The maximum absolute atomic E-state index is 14.9. The molecule has 8 nitrogen and oxygen atoms in total. The third-order valence-electron chi connectivity index (χ3n) is 5.63. The van der Waals surface area contributed by atoms with Gasteiger partial charge in [0.2, 0.25) is 0 Å². The summed E-state index contributed by atoms with van der Waals surface area (Å²) in [5.41, 5.74) is 0.0418. The van der Waals surface area contributed by atoms with Crippen molar-refractivity contribution in [2.24, 2.45) is 0 Å². The third kappa shape index (κ3) is 3.49. The van der Waals surface area contributed by atoms with Crippen LogP contribution in [0.15, 0.2) is 9.76 Å². The van der Waals surface area contributed by atoms with Gasteiger partial charge < -0.3 is 15.1 Å². The fourth-order valence-corrected chi connectivity index (χ4v) is 5.94. The molecule has 0 aromatic carbocycles. The van der Waals surface area contributed by atoms with E-state index in [2.05, 4.69) is 30.9 Å². The highest BCUT2D eigenvalue weighted by Crippen LogP contribution is 2.42. The lowest BCUT2D eigenvalue weighted by Crippen LogP contribution is -2.64. The van der Waals surface area contributed by atoms with Gasteiger partial charge in [-0.25, -0.2) is 24.1 Å². The summed E-state index contributed by atoms with van der Waals surface area (Å²) in [5, 5.41) is 20.7. The van der Waals surface area contributed by atoms with Crippen molar-refractivity contribution < 1.29 is 19.4 Å². The Kier molecular flexibility index (Phi) is 5.99. The Balaban J connectivity index is 1.93. The van der Waals surface area contributed by atoms with Gasteiger partial charge in [-0.1, -0.05) is 30.3 Å². The van der Waals surface area contributed by atoms with E-state index in [0.717, 1.165) is 0 Å². The molecule has 162 valence electrons. The number of rotatable bonds is 4. The van der Waals surface area contributed by atoms with E-state index in [4.69, 9.17) is 11.6 Å². The van der Waals surface area contributed by atoms with Gasteiger partial charge in [0.15, 0.2) is 16.1 Å². The number of pyridine rings is 1. The Morgan fingerprint density at radius 1 is 1.40 bits per heavy atom. The van der Waals surface area contributed by atoms with Crippen LogP contribution in [0.2, 0.25) is 5.15 Å². The summed E-state index contributed by atoms with van der Waals surface area (Å²) in [7, 11) is 0. The minimum absolute atomic E-state index is 0.0418. The SMILES string of the molecule is CCSc1nc(N2C[C@H]3CC[C@@H]([C@H]2C(C)O)N3C(=O)O)c2c(Br)nc(Cl)c(F)c2n1. The molecule has 2 aromatic rings. The van der Waals surface area contributed by atoms with E-state index in [9.17, 15) is 19.4 Å². The number of thioether (sulfide) groups is 1. The highest BCUT2D eigenvalue weighted by atomic mass is 79.9. The van der Waals surface area contributed by atoms with Crippen molar-refractivity contribution >= 4 is 62.1 Å². The number of carboxylic acid groups (broad SMARTS) is 1. The summed E-state index contributed by atoms with van der Waals surface area (Å²) in [6.45, 7) is 3.90. The number of piperazine rings is 1. The monoisotopic (exact) mass is 519 g/mol. The van der Waals surface area contributed by atoms with Gasteiger partial charge in [0, 0.05) is 6.54 Å². The van der Waals surface area contributed by atoms with Crippen LogP contribution in [0.1, 0.15) is 26.7 Å². The Morgan fingerprint density at radius 3 is 2.77 bits per heavy atom. The molecule has 2 saturated heterocycles. The highest BCUT2D eigenvalue weighted by molar-refractivity contribution is 9.10. The van der Waals surface area contributed by atoms with Crippen molar-refractivity contribution in [1.82, 2.24) is 19.9 Å². The molecule has 2 fully saturated rings.